The molecule has 0 saturated carbocycles. The van der Waals surface area contributed by atoms with Crippen LogP contribution in [0.4, 0.5) is 5.00 Å². The van der Waals surface area contributed by atoms with Crippen LogP contribution in [-0.4, -0.2) is 36.2 Å². The molecule has 1 aromatic heterocycles. The lowest BCUT2D eigenvalue weighted by Crippen LogP contribution is -2.41. The Morgan fingerprint density at radius 3 is 2.81 bits per heavy atom. The summed E-state index contributed by atoms with van der Waals surface area (Å²) in [5.41, 5.74) is 1.57. The number of piperidine rings is 1. The van der Waals surface area contributed by atoms with Crippen LogP contribution in [0.15, 0.2) is 0 Å². The zero-order valence-electron chi connectivity index (χ0n) is 13.0. The minimum atomic E-state index is -0.311. The number of rotatable bonds is 2. The number of esters is 1. The van der Waals surface area contributed by atoms with Crippen molar-refractivity contribution in [1.29, 1.82) is 0 Å². The van der Waals surface area contributed by atoms with Crippen LogP contribution in [0.1, 0.15) is 40.6 Å². The highest BCUT2D eigenvalue weighted by Gasteiger charge is 2.23. The van der Waals surface area contributed by atoms with E-state index in [1.54, 1.807) is 11.3 Å². The van der Waals surface area contributed by atoms with Gasteiger partial charge in [0.15, 0.2) is 5.11 Å². The summed E-state index contributed by atoms with van der Waals surface area (Å²) in [7, 11) is 1.41. The third-order valence-corrected chi connectivity index (χ3v) is 5.42. The first-order valence-corrected chi connectivity index (χ1v) is 8.40. The molecule has 0 aromatic carbocycles. The third kappa shape index (κ3) is 3.55. The van der Waals surface area contributed by atoms with E-state index in [-0.39, 0.29) is 5.97 Å². The number of thiocarbonyl (C=S) groups is 1. The number of carbonyl (C=O) groups excluding carboxylic acids is 1. The van der Waals surface area contributed by atoms with Crippen molar-refractivity contribution in [2.75, 3.05) is 25.5 Å². The summed E-state index contributed by atoms with van der Waals surface area (Å²) < 4.78 is 4.89. The Balaban J connectivity index is 2.17. The molecular weight excluding hydrogens is 304 g/mol. The maximum atomic E-state index is 12.0. The summed E-state index contributed by atoms with van der Waals surface area (Å²) >= 11 is 7.06. The molecular formula is C15H22N2O2S2. The lowest BCUT2D eigenvalue weighted by Gasteiger charge is -2.32. The number of thiophene rings is 1. The lowest BCUT2D eigenvalue weighted by molar-refractivity contribution is 0.0601. The molecule has 0 unspecified atom stereocenters. The van der Waals surface area contributed by atoms with Crippen molar-refractivity contribution in [2.24, 2.45) is 5.92 Å². The molecule has 4 nitrogen and oxygen atoms in total. The molecule has 1 aliphatic rings. The predicted octanol–water partition coefficient (Wildman–Crippen LogP) is 3.58. The molecule has 1 aliphatic heterocycles. The second kappa shape index (κ2) is 6.75. The van der Waals surface area contributed by atoms with Crippen LogP contribution in [-0.2, 0) is 4.74 Å². The fraction of sp³-hybridized carbons (Fsp3) is 0.600. The number of hydrogen-bond acceptors (Lipinski definition) is 4. The largest absolute Gasteiger partial charge is 0.465 e. The van der Waals surface area contributed by atoms with Gasteiger partial charge in [0.2, 0.25) is 0 Å². The molecule has 0 radical (unpaired) electrons. The minimum absolute atomic E-state index is 0.311. The van der Waals surface area contributed by atoms with Crippen LogP contribution < -0.4 is 5.32 Å². The number of ether oxygens (including phenoxy) is 1. The second-order valence-electron chi connectivity index (χ2n) is 5.60. The van der Waals surface area contributed by atoms with Gasteiger partial charge in [-0.2, -0.15) is 0 Å². The van der Waals surface area contributed by atoms with Crippen molar-refractivity contribution >= 4 is 39.6 Å². The lowest BCUT2D eigenvalue weighted by atomic mass is 10.0. The van der Waals surface area contributed by atoms with Crippen LogP contribution in [0.25, 0.3) is 0 Å². The first-order valence-electron chi connectivity index (χ1n) is 7.18. The fourth-order valence-electron chi connectivity index (χ4n) is 2.61. The summed E-state index contributed by atoms with van der Waals surface area (Å²) in [4.78, 5) is 15.3. The third-order valence-electron chi connectivity index (χ3n) is 3.94. The van der Waals surface area contributed by atoms with E-state index in [0.717, 1.165) is 35.0 Å². The number of methoxy groups -OCH3 is 1. The molecule has 1 atom stereocenters. The minimum Gasteiger partial charge on any atom is -0.465 e. The normalized spacial score (nSPS) is 18.5. The topological polar surface area (TPSA) is 41.6 Å². The average molecular weight is 326 g/mol. The Morgan fingerprint density at radius 1 is 1.48 bits per heavy atom. The van der Waals surface area contributed by atoms with Crippen LogP contribution in [0.2, 0.25) is 0 Å². The molecule has 21 heavy (non-hydrogen) atoms. The van der Waals surface area contributed by atoms with Gasteiger partial charge < -0.3 is 15.0 Å². The van der Waals surface area contributed by atoms with Gasteiger partial charge in [0, 0.05) is 18.0 Å². The van der Waals surface area contributed by atoms with E-state index in [1.165, 1.54) is 13.5 Å². The van der Waals surface area contributed by atoms with Gasteiger partial charge >= 0.3 is 5.97 Å². The first kappa shape index (κ1) is 16.2. The van der Waals surface area contributed by atoms with Crippen molar-refractivity contribution < 1.29 is 9.53 Å². The van der Waals surface area contributed by atoms with Gasteiger partial charge in [0.1, 0.15) is 5.00 Å². The van der Waals surface area contributed by atoms with Crippen LogP contribution >= 0.6 is 23.6 Å². The van der Waals surface area contributed by atoms with Crippen LogP contribution in [0.5, 0.6) is 0 Å². The number of aryl methyl sites for hydroxylation is 1. The number of hydrogen-bond donors (Lipinski definition) is 1. The van der Waals surface area contributed by atoms with E-state index in [1.807, 2.05) is 13.8 Å². The van der Waals surface area contributed by atoms with Gasteiger partial charge in [0.05, 0.1) is 12.7 Å². The molecule has 2 heterocycles. The molecule has 1 saturated heterocycles. The average Bonchev–Trinajstić information content (AvgIpc) is 2.73. The summed E-state index contributed by atoms with van der Waals surface area (Å²) in [6.07, 6.45) is 2.42. The van der Waals surface area contributed by atoms with E-state index in [9.17, 15) is 4.79 Å². The molecule has 0 spiro atoms. The number of likely N-dealkylation sites (tertiary alicyclic amines) is 1. The van der Waals surface area contributed by atoms with Gasteiger partial charge in [-0.05, 0) is 50.4 Å². The Hall–Kier alpha value is -1.14. The predicted molar refractivity (Wildman–Crippen MR) is 91.3 cm³/mol. The Kier molecular flexibility index (Phi) is 5.22. The molecule has 2 rings (SSSR count). The van der Waals surface area contributed by atoms with Gasteiger partial charge in [0.25, 0.3) is 0 Å². The summed E-state index contributed by atoms with van der Waals surface area (Å²) in [5.74, 6) is 0.347. The second-order valence-corrected chi connectivity index (χ2v) is 7.21. The molecule has 6 heteroatoms. The van der Waals surface area contributed by atoms with Gasteiger partial charge in [-0.3, -0.25) is 0 Å². The van der Waals surface area contributed by atoms with Crippen molar-refractivity contribution in [3.05, 3.63) is 16.0 Å². The van der Waals surface area contributed by atoms with E-state index >= 15 is 0 Å². The van der Waals surface area contributed by atoms with E-state index in [4.69, 9.17) is 17.0 Å². The van der Waals surface area contributed by atoms with Crippen LogP contribution in [0.3, 0.4) is 0 Å². The highest BCUT2D eigenvalue weighted by Crippen LogP contribution is 2.33. The Labute approximate surface area is 135 Å². The molecule has 1 fully saturated rings. The summed E-state index contributed by atoms with van der Waals surface area (Å²) in [6.45, 7) is 8.14. The van der Waals surface area contributed by atoms with Crippen molar-refractivity contribution in [1.82, 2.24) is 4.90 Å². The van der Waals surface area contributed by atoms with Crippen molar-refractivity contribution in [3.63, 3.8) is 0 Å². The molecule has 1 N–H and O–H groups in total. The fourth-order valence-corrected chi connectivity index (χ4v) is 3.99. The smallest absolute Gasteiger partial charge is 0.341 e. The zero-order chi connectivity index (χ0) is 15.6. The molecule has 0 amide bonds. The van der Waals surface area contributed by atoms with E-state index in [0.29, 0.717) is 16.6 Å². The quantitative estimate of drug-likeness (QED) is 0.664. The van der Waals surface area contributed by atoms with E-state index in [2.05, 4.69) is 17.1 Å². The molecule has 0 bridgehead atoms. The number of anilines is 1. The summed E-state index contributed by atoms with van der Waals surface area (Å²) in [6, 6.07) is 0. The van der Waals surface area contributed by atoms with Crippen LogP contribution in [0, 0.1) is 19.8 Å². The number of nitrogens with zero attached hydrogens (tertiary/aromatic N) is 1. The molecule has 1 aromatic rings. The van der Waals surface area contributed by atoms with E-state index < -0.39 is 0 Å². The van der Waals surface area contributed by atoms with Gasteiger partial charge in [-0.1, -0.05) is 6.92 Å². The number of carbonyl (C=O) groups is 1. The van der Waals surface area contributed by atoms with Crippen molar-refractivity contribution in [3.8, 4) is 0 Å². The number of nitrogens with one attached hydrogen (secondary N) is 1. The summed E-state index contributed by atoms with van der Waals surface area (Å²) in [5, 5.41) is 4.75. The first-order chi connectivity index (χ1) is 9.93. The Morgan fingerprint density at radius 2 is 2.19 bits per heavy atom. The standard InChI is InChI=1S/C15H22N2O2S2/c1-9-6-5-7-17(8-9)15(20)16-13-12(14(18)19-4)10(2)11(3)21-13/h9H,5-8H2,1-4H3,(H,16,20)/t9-/m0/s1. The Bertz CT molecular complexity index is 554. The molecule has 116 valence electrons. The van der Waals surface area contributed by atoms with Crippen molar-refractivity contribution in [2.45, 2.75) is 33.6 Å². The zero-order valence-corrected chi connectivity index (χ0v) is 14.6. The highest BCUT2D eigenvalue weighted by atomic mass is 32.1. The molecule has 0 aliphatic carbocycles. The highest BCUT2D eigenvalue weighted by molar-refractivity contribution is 7.80. The monoisotopic (exact) mass is 326 g/mol. The van der Waals surface area contributed by atoms with Gasteiger partial charge in [-0.15, -0.1) is 11.3 Å². The SMILES string of the molecule is COC(=O)c1c(NC(=S)N2CCC[C@H](C)C2)sc(C)c1C. The van der Waals surface area contributed by atoms with Gasteiger partial charge in [-0.25, -0.2) is 4.79 Å². The maximum absolute atomic E-state index is 12.0. The maximum Gasteiger partial charge on any atom is 0.341 e.